The van der Waals surface area contributed by atoms with Gasteiger partial charge in [-0.15, -0.1) is 0 Å². The van der Waals surface area contributed by atoms with E-state index in [1.807, 2.05) is 0 Å². The van der Waals surface area contributed by atoms with Crippen molar-refractivity contribution < 1.29 is 19.1 Å². The average Bonchev–Trinajstić information content (AvgIpc) is 2.39. The number of nitrogens with zero attached hydrogens (tertiary/aromatic N) is 1. The zero-order valence-electron chi connectivity index (χ0n) is 11.0. The van der Waals surface area contributed by atoms with Gasteiger partial charge in [0.15, 0.2) is 0 Å². The summed E-state index contributed by atoms with van der Waals surface area (Å²) in [5.41, 5.74) is -1.54. The van der Waals surface area contributed by atoms with E-state index in [9.17, 15) is 14.4 Å². The maximum atomic E-state index is 12.0. The van der Waals surface area contributed by atoms with Crippen molar-refractivity contribution in [3.8, 4) is 0 Å². The van der Waals surface area contributed by atoms with Gasteiger partial charge >= 0.3 is 5.97 Å². The Morgan fingerprint density at radius 3 is 2.29 bits per heavy atom. The molecule has 0 radical (unpaired) electrons. The van der Waals surface area contributed by atoms with Crippen molar-refractivity contribution in [3.63, 3.8) is 0 Å². The molecule has 0 spiro atoms. The maximum absolute atomic E-state index is 12.0. The number of rotatable bonds is 3. The molecule has 0 atom stereocenters. The second-order valence-electron chi connectivity index (χ2n) is 5.72. The monoisotopic (exact) mass is 241 g/mol. The van der Waals surface area contributed by atoms with Crippen LogP contribution in [0.15, 0.2) is 0 Å². The van der Waals surface area contributed by atoms with Crippen molar-refractivity contribution in [2.24, 2.45) is 10.8 Å². The molecule has 1 rings (SSSR count). The maximum Gasteiger partial charge on any atom is 0.313 e. The first kappa shape index (κ1) is 13.7. The van der Waals surface area contributed by atoms with E-state index < -0.39 is 16.8 Å². The van der Waals surface area contributed by atoms with Gasteiger partial charge in [-0.1, -0.05) is 13.8 Å². The normalized spacial score (nSPS) is 19.7. The molecule has 0 bridgehead atoms. The number of carbonyl (C=O) groups is 3. The van der Waals surface area contributed by atoms with Crippen LogP contribution in [0.3, 0.4) is 0 Å². The van der Waals surface area contributed by atoms with Crippen LogP contribution in [0.1, 0.15) is 34.1 Å². The van der Waals surface area contributed by atoms with Crippen molar-refractivity contribution >= 4 is 17.8 Å². The molecule has 0 N–H and O–H groups in total. The predicted molar refractivity (Wildman–Crippen MR) is 60.9 cm³/mol. The Morgan fingerprint density at radius 2 is 1.94 bits per heavy atom. The van der Waals surface area contributed by atoms with Gasteiger partial charge < -0.3 is 4.74 Å². The van der Waals surface area contributed by atoms with E-state index in [4.69, 9.17) is 0 Å². The summed E-state index contributed by atoms with van der Waals surface area (Å²) in [4.78, 5) is 36.4. The Labute approximate surface area is 101 Å². The number of hydrogen-bond acceptors (Lipinski definition) is 4. The van der Waals surface area contributed by atoms with Crippen molar-refractivity contribution in [3.05, 3.63) is 0 Å². The van der Waals surface area contributed by atoms with Gasteiger partial charge in [0.1, 0.15) is 0 Å². The van der Waals surface area contributed by atoms with Crippen LogP contribution in [0.4, 0.5) is 0 Å². The fourth-order valence-electron chi connectivity index (χ4n) is 1.92. The van der Waals surface area contributed by atoms with E-state index in [0.29, 0.717) is 0 Å². The summed E-state index contributed by atoms with van der Waals surface area (Å²) < 4.78 is 4.66. The Kier molecular flexibility index (Phi) is 3.32. The van der Waals surface area contributed by atoms with Gasteiger partial charge in [0.2, 0.25) is 11.8 Å². The van der Waals surface area contributed by atoms with Crippen LogP contribution in [0.5, 0.6) is 0 Å². The lowest BCUT2D eigenvalue weighted by Crippen LogP contribution is -2.43. The van der Waals surface area contributed by atoms with E-state index in [2.05, 4.69) is 4.74 Å². The molecule has 5 nitrogen and oxygen atoms in total. The first-order valence-electron chi connectivity index (χ1n) is 5.55. The summed E-state index contributed by atoms with van der Waals surface area (Å²) in [6, 6.07) is 0. The smallest absolute Gasteiger partial charge is 0.313 e. The van der Waals surface area contributed by atoms with Crippen LogP contribution in [-0.2, 0) is 19.1 Å². The number of hydrogen-bond donors (Lipinski definition) is 0. The molecule has 0 aromatic carbocycles. The molecule has 0 aromatic rings. The third kappa shape index (κ3) is 2.48. The van der Waals surface area contributed by atoms with Crippen molar-refractivity contribution in [2.45, 2.75) is 34.1 Å². The zero-order valence-corrected chi connectivity index (χ0v) is 11.0. The van der Waals surface area contributed by atoms with Crippen molar-refractivity contribution in [2.75, 3.05) is 13.7 Å². The van der Waals surface area contributed by atoms with Crippen LogP contribution in [-0.4, -0.2) is 36.3 Å². The van der Waals surface area contributed by atoms with Crippen LogP contribution in [0, 0.1) is 10.8 Å². The number of methoxy groups -OCH3 is 1. The minimum absolute atomic E-state index is 0.0702. The lowest BCUT2D eigenvalue weighted by molar-refractivity contribution is -0.154. The minimum Gasteiger partial charge on any atom is -0.469 e. The number of esters is 1. The fraction of sp³-hybridized carbons (Fsp3) is 0.750. The topological polar surface area (TPSA) is 63.7 Å². The summed E-state index contributed by atoms with van der Waals surface area (Å²) in [5, 5.41) is 0. The lowest BCUT2D eigenvalue weighted by Gasteiger charge is -2.27. The van der Waals surface area contributed by atoms with Crippen molar-refractivity contribution in [1.29, 1.82) is 0 Å². The molecule has 1 fully saturated rings. The molecule has 1 aliphatic rings. The number of amides is 2. The number of likely N-dealkylation sites (tertiary alicyclic amines) is 1. The summed E-state index contributed by atoms with van der Waals surface area (Å²) in [6.45, 7) is 6.85. The van der Waals surface area contributed by atoms with Gasteiger partial charge in [-0.3, -0.25) is 19.3 Å². The van der Waals surface area contributed by atoms with E-state index in [-0.39, 0.29) is 24.8 Å². The highest BCUT2D eigenvalue weighted by molar-refractivity contribution is 6.05. The Balaban J connectivity index is 2.86. The molecule has 1 heterocycles. The summed E-state index contributed by atoms with van der Waals surface area (Å²) in [7, 11) is 1.29. The Morgan fingerprint density at radius 1 is 1.41 bits per heavy atom. The quantitative estimate of drug-likeness (QED) is 0.545. The van der Waals surface area contributed by atoms with Crippen LogP contribution < -0.4 is 0 Å². The first-order chi connectivity index (χ1) is 7.62. The average molecular weight is 241 g/mol. The molecule has 17 heavy (non-hydrogen) atoms. The SMILES string of the molecule is COC(=O)C(C)(C)CN1C(=O)CC(C)(C)C1=O. The largest absolute Gasteiger partial charge is 0.469 e. The summed E-state index contributed by atoms with van der Waals surface area (Å²) in [6.07, 6.45) is 0.198. The highest BCUT2D eigenvalue weighted by atomic mass is 16.5. The Bertz CT molecular complexity index is 371. The molecule has 0 aromatic heterocycles. The molecule has 1 aliphatic heterocycles. The second-order valence-corrected chi connectivity index (χ2v) is 5.72. The van der Waals surface area contributed by atoms with E-state index in [0.717, 1.165) is 4.90 Å². The fourth-order valence-corrected chi connectivity index (χ4v) is 1.92. The molecule has 0 aliphatic carbocycles. The van der Waals surface area contributed by atoms with Crippen LogP contribution >= 0.6 is 0 Å². The third-order valence-electron chi connectivity index (χ3n) is 3.01. The molecular formula is C12H19NO4. The van der Waals surface area contributed by atoms with Gasteiger partial charge in [0, 0.05) is 13.0 Å². The molecule has 2 amide bonds. The van der Waals surface area contributed by atoms with E-state index in [1.54, 1.807) is 27.7 Å². The number of carbonyl (C=O) groups excluding carboxylic acids is 3. The van der Waals surface area contributed by atoms with Gasteiger partial charge in [-0.05, 0) is 13.8 Å². The second kappa shape index (κ2) is 4.13. The molecule has 96 valence electrons. The molecular weight excluding hydrogens is 222 g/mol. The standard InChI is InChI=1S/C12H19NO4/c1-11(2)6-8(14)13(9(11)15)7-12(3,4)10(16)17-5/h6-7H2,1-5H3. The highest BCUT2D eigenvalue weighted by Crippen LogP contribution is 2.33. The predicted octanol–water partition coefficient (Wildman–Crippen LogP) is 0.971. The van der Waals surface area contributed by atoms with Gasteiger partial charge in [-0.25, -0.2) is 0 Å². The van der Waals surface area contributed by atoms with E-state index in [1.165, 1.54) is 7.11 Å². The Hall–Kier alpha value is -1.39. The van der Waals surface area contributed by atoms with Gasteiger partial charge in [-0.2, -0.15) is 0 Å². The van der Waals surface area contributed by atoms with Crippen molar-refractivity contribution in [1.82, 2.24) is 4.90 Å². The summed E-state index contributed by atoms with van der Waals surface area (Å²) in [5.74, 6) is -0.876. The molecule has 0 unspecified atom stereocenters. The lowest BCUT2D eigenvalue weighted by atomic mass is 9.91. The number of imide groups is 1. The van der Waals surface area contributed by atoms with Gasteiger partial charge in [0.25, 0.3) is 0 Å². The van der Waals surface area contributed by atoms with Crippen LogP contribution in [0.25, 0.3) is 0 Å². The zero-order chi connectivity index (χ0) is 13.4. The third-order valence-corrected chi connectivity index (χ3v) is 3.01. The number of ether oxygens (including phenoxy) is 1. The first-order valence-corrected chi connectivity index (χ1v) is 5.55. The molecule has 1 saturated heterocycles. The van der Waals surface area contributed by atoms with E-state index >= 15 is 0 Å². The molecule has 5 heteroatoms. The van der Waals surface area contributed by atoms with Gasteiger partial charge in [0.05, 0.1) is 17.9 Å². The minimum atomic E-state index is -0.875. The van der Waals surface area contributed by atoms with Crippen LogP contribution in [0.2, 0.25) is 0 Å². The molecule has 0 saturated carbocycles. The highest BCUT2D eigenvalue weighted by Gasteiger charge is 2.47. The summed E-state index contributed by atoms with van der Waals surface area (Å²) >= 11 is 0.